The molecule has 1 atom stereocenters. The van der Waals surface area contributed by atoms with Crippen molar-refractivity contribution in [1.29, 1.82) is 0 Å². The highest BCUT2D eigenvalue weighted by atomic mass is 19.4. The molecule has 0 spiro atoms. The Hall–Kier alpha value is -2.12. The van der Waals surface area contributed by atoms with Gasteiger partial charge in [0, 0.05) is 6.54 Å². The Labute approximate surface area is 142 Å². The Balaban J connectivity index is 1.84. The molecule has 0 aliphatic carbocycles. The molecule has 0 unspecified atom stereocenters. The molecule has 1 saturated heterocycles. The summed E-state index contributed by atoms with van der Waals surface area (Å²) in [5.41, 5.74) is 1.70. The van der Waals surface area contributed by atoms with Crippen LogP contribution in [0.3, 0.4) is 0 Å². The summed E-state index contributed by atoms with van der Waals surface area (Å²) >= 11 is 0. The van der Waals surface area contributed by atoms with Gasteiger partial charge < -0.3 is 14.8 Å². The smallest absolute Gasteiger partial charge is 0.406 e. The van der Waals surface area contributed by atoms with Crippen LogP contribution in [0.5, 0.6) is 5.75 Å². The van der Waals surface area contributed by atoms with Gasteiger partial charge in [-0.3, -0.25) is 0 Å². The van der Waals surface area contributed by atoms with Gasteiger partial charge in [0.05, 0.1) is 12.7 Å². The van der Waals surface area contributed by atoms with Crippen molar-refractivity contribution < 1.29 is 27.0 Å². The second kappa shape index (κ2) is 7.41. The van der Waals surface area contributed by atoms with E-state index in [2.05, 4.69) is 10.1 Å². The Morgan fingerprint density at radius 2 is 1.96 bits per heavy atom. The van der Waals surface area contributed by atoms with E-state index in [1.165, 1.54) is 36.4 Å². The van der Waals surface area contributed by atoms with Crippen LogP contribution < -0.4 is 10.1 Å². The van der Waals surface area contributed by atoms with Crippen LogP contribution in [0.25, 0.3) is 11.1 Å². The van der Waals surface area contributed by atoms with Crippen molar-refractivity contribution >= 4 is 0 Å². The number of benzene rings is 2. The molecule has 0 amide bonds. The van der Waals surface area contributed by atoms with Gasteiger partial charge in [0.25, 0.3) is 0 Å². The van der Waals surface area contributed by atoms with Crippen molar-refractivity contribution in [3.8, 4) is 16.9 Å². The van der Waals surface area contributed by atoms with Crippen molar-refractivity contribution in [1.82, 2.24) is 5.32 Å². The standard InChI is InChI=1S/C18H17F4NO2/c19-14-4-5-17(13(8-14)11-24-16-6-7-23-10-16)12-2-1-3-15(9-12)25-18(20,21)22/h1-5,8-9,16,23H,6-7,10-11H2/t16-/m0/s1. The first-order valence-corrected chi connectivity index (χ1v) is 7.88. The first-order chi connectivity index (χ1) is 11.9. The molecular weight excluding hydrogens is 338 g/mol. The predicted molar refractivity (Wildman–Crippen MR) is 84.6 cm³/mol. The SMILES string of the molecule is Fc1ccc(-c2cccc(OC(F)(F)F)c2)c(CO[C@H]2CCNC2)c1. The van der Waals surface area contributed by atoms with Crippen LogP contribution in [-0.2, 0) is 11.3 Å². The maximum atomic E-state index is 13.6. The number of nitrogens with one attached hydrogen (secondary N) is 1. The van der Waals surface area contributed by atoms with E-state index < -0.39 is 12.2 Å². The van der Waals surface area contributed by atoms with Gasteiger partial charge in [-0.2, -0.15) is 0 Å². The predicted octanol–water partition coefficient (Wildman–Crippen LogP) is 4.27. The molecule has 134 valence electrons. The first-order valence-electron chi connectivity index (χ1n) is 7.88. The second-order valence-corrected chi connectivity index (χ2v) is 5.80. The Bertz CT molecular complexity index is 727. The third kappa shape index (κ3) is 4.93. The van der Waals surface area contributed by atoms with E-state index in [9.17, 15) is 17.6 Å². The molecule has 25 heavy (non-hydrogen) atoms. The fourth-order valence-corrected chi connectivity index (χ4v) is 2.80. The van der Waals surface area contributed by atoms with Gasteiger partial charge in [0.1, 0.15) is 11.6 Å². The molecule has 3 rings (SSSR count). The summed E-state index contributed by atoms with van der Waals surface area (Å²) in [6.07, 6.45) is -3.83. The lowest BCUT2D eigenvalue weighted by molar-refractivity contribution is -0.274. The summed E-state index contributed by atoms with van der Waals surface area (Å²) in [5.74, 6) is -0.740. The first kappa shape index (κ1) is 17.7. The number of halogens is 4. The summed E-state index contributed by atoms with van der Waals surface area (Å²) < 4.78 is 60.6. The van der Waals surface area contributed by atoms with Crippen molar-refractivity contribution in [3.63, 3.8) is 0 Å². The van der Waals surface area contributed by atoms with Crippen molar-refractivity contribution in [3.05, 3.63) is 53.8 Å². The summed E-state index contributed by atoms with van der Waals surface area (Å²) in [4.78, 5) is 0. The van der Waals surface area contributed by atoms with E-state index in [0.717, 1.165) is 19.5 Å². The molecular formula is C18H17F4NO2. The minimum atomic E-state index is -4.76. The molecule has 2 aromatic carbocycles. The van der Waals surface area contributed by atoms with Crippen LogP contribution in [-0.4, -0.2) is 25.6 Å². The molecule has 0 aromatic heterocycles. The van der Waals surface area contributed by atoms with Gasteiger partial charge in [-0.15, -0.1) is 13.2 Å². The molecule has 1 aliphatic heterocycles. The van der Waals surface area contributed by atoms with Gasteiger partial charge in [-0.1, -0.05) is 18.2 Å². The third-order valence-electron chi connectivity index (χ3n) is 3.94. The van der Waals surface area contributed by atoms with Gasteiger partial charge in [0.15, 0.2) is 0 Å². The largest absolute Gasteiger partial charge is 0.573 e. The van der Waals surface area contributed by atoms with Gasteiger partial charge in [0.2, 0.25) is 0 Å². The van der Waals surface area contributed by atoms with Gasteiger partial charge in [-0.25, -0.2) is 4.39 Å². The summed E-state index contributed by atoms with van der Waals surface area (Å²) in [6, 6.07) is 9.76. The van der Waals surface area contributed by atoms with E-state index in [0.29, 0.717) is 16.7 Å². The third-order valence-corrected chi connectivity index (χ3v) is 3.94. The van der Waals surface area contributed by atoms with Crippen LogP contribution in [0.4, 0.5) is 17.6 Å². The number of ether oxygens (including phenoxy) is 2. The average Bonchev–Trinajstić information content (AvgIpc) is 3.05. The maximum absolute atomic E-state index is 13.6. The van der Waals surface area contributed by atoms with E-state index >= 15 is 0 Å². The van der Waals surface area contributed by atoms with E-state index in [1.54, 1.807) is 6.07 Å². The molecule has 2 aromatic rings. The average molecular weight is 355 g/mol. The zero-order valence-corrected chi connectivity index (χ0v) is 13.3. The molecule has 7 heteroatoms. The quantitative estimate of drug-likeness (QED) is 0.813. The fraction of sp³-hybridized carbons (Fsp3) is 0.333. The molecule has 0 saturated carbocycles. The monoisotopic (exact) mass is 355 g/mol. The van der Waals surface area contributed by atoms with Crippen molar-refractivity contribution in [2.45, 2.75) is 25.5 Å². The highest BCUT2D eigenvalue weighted by molar-refractivity contribution is 5.68. The van der Waals surface area contributed by atoms with Crippen molar-refractivity contribution in [2.75, 3.05) is 13.1 Å². The summed E-state index contributed by atoms with van der Waals surface area (Å²) in [7, 11) is 0. The lowest BCUT2D eigenvalue weighted by Gasteiger charge is -2.15. The second-order valence-electron chi connectivity index (χ2n) is 5.80. The maximum Gasteiger partial charge on any atom is 0.573 e. The topological polar surface area (TPSA) is 30.5 Å². The summed E-state index contributed by atoms with van der Waals surface area (Å²) in [5, 5.41) is 3.17. The van der Waals surface area contributed by atoms with Gasteiger partial charge >= 0.3 is 6.36 Å². The van der Waals surface area contributed by atoms with E-state index in [1.807, 2.05) is 0 Å². The zero-order chi connectivity index (χ0) is 17.9. The van der Waals surface area contributed by atoms with Gasteiger partial charge in [-0.05, 0) is 53.9 Å². The molecule has 1 fully saturated rings. The van der Waals surface area contributed by atoms with Crippen molar-refractivity contribution in [2.24, 2.45) is 0 Å². The molecule has 0 radical (unpaired) electrons. The molecule has 1 heterocycles. The highest BCUT2D eigenvalue weighted by Crippen LogP contribution is 2.31. The number of hydrogen-bond donors (Lipinski definition) is 1. The molecule has 1 aliphatic rings. The number of alkyl halides is 3. The fourth-order valence-electron chi connectivity index (χ4n) is 2.80. The lowest BCUT2D eigenvalue weighted by atomic mass is 9.99. The number of rotatable bonds is 5. The van der Waals surface area contributed by atoms with E-state index in [4.69, 9.17) is 4.74 Å². The van der Waals surface area contributed by atoms with Crippen LogP contribution in [0.2, 0.25) is 0 Å². The lowest BCUT2D eigenvalue weighted by Crippen LogP contribution is -2.17. The molecule has 0 bridgehead atoms. The molecule has 3 nitrogen and oxygen atoms in total. The highest BCUT2D eigenvalue weighted by Gasteiger charge is 2.31. The zero-order valence-electron chi connectivity index (χ0n) is 13.3. The normalized spacial score (nSPS) is 17.7. The summed E-state index contributed by atoms with van der Waals surface area (Å²) in [6.45, 7) is 1.79. The Morgan fingerprint density at radius 3 is 2.68 bits per heavy atom. The Kier molecular flexibility index (Phi) is 5.24. The number of hydrogen-bond acceptors (Lipinski definition) is 3. The van der Waals surface area contributed by atoms with Crippen LogP contribution in [0.1, 0.15) is 12.0 Å². The minimum Gasteiger partial charge on any atom is -0.406 e. The Morgan fingerprint density at radius 1 is 1.12 bits per heavy atom. The van der Waals surface area contributed by atoms with Crippen LogP contribution in [0, 0.1) is 5.82 Å². The minimum absolute atomic E-state index is 0.0519. The van der Waals surface area contributed by atoms with Crippen LogP contribution >= 0.6 is 0 Å². The van der Waals surface area contributed by atoms with Crippen LogP contribution in [0.15, 0.2) is 42.5 Å². The molecule has 1 N–H and O–H groups in total. The van der Waals surface area contributed by atoms with E-state index in [-0.39, 0.29) is 18.5 Å².